The summed E-state index contributed by atoms with van der Waals surface area (Å²) in [4.78, 5) is 53.6. The van der Waals surface area contributed by atoms with Gasteiger partial charge in [-0.1, -0.05) is 61.0 Å². The third kappa shape index (κ3) is 6.50. The number of esters is 1. The summed E-state index contributed by atoms with van der Waals surface area (Å²) in [5, 5.41) is 3.04. The predicted octanol–water partition coefficient (Wildman–Crippen LogP) is 7.95. The molecule has 1 N–H and O–H groups in total. The highest BCUT2D eigenvalue weighted by molar-refractivity contribution is 6.00. The highest BCUT2D eigenvalue weighted by Crippen LogP contribution is 2.73. The maximum absolute atomic E-state index is 13.9. The van der Waals surface area contributed by atoms with Crippen LogP contribution in [-0.4, -0.2) is 61.1 Å². The molecule has 1 amide bonds. The van der Waals surface area contributed by atoms with Gasteiger partial charge in [0, 0.05) is 35.3 Å². The first kappa shape index (κ1) is 38.2. The Labute approximate surface area is 297 Å². The van der Waals surface area contributed by atoms with Crippen molar-refractivity contribution in [2.75, 3.05) is 20.1 Å². The second kappa shape index (κ2) is 13.5. The van der Waals surface area contributed by atoms with Crippen LogP contribution in [0.1, 0.15) is 140 Å². The zero-order valence-corrected chi connectivity index (χ0v) is 32.8. The molecule has 0 aromatic heterocycles. The number of allylic oxidation sites excluding steroid dienone is 2. The van der Waals surface area contributed by atoms with Gasteiger partial charge in [-0.05, 0) is 125 Å². The van der Waals surface area contributed by atoms with Gasteiger partial charge in [0.2, 0.25) is 5.91 Å². The van der Waals surface area contributed by atoms with Crippen molar-refractivity contribution in [2.24, 2.45) is 56.7 Å². The van der Waals surface area contributed by atoms with Crippen molar-refractivity contribution in [2.45, 2.75) is 152 Å². The summed E-state index contributed by atoms with van der Waals surface area (Å²) in [6.45, 7) is 23.1. The molecule has 0 bridgehead atoms. The Morgan fingerprint density at radius 1 is 0.959 bits per heavy atom. The Bertz CT molecular complexity index is 1350. The average Bonchev–Trinajstić information content (AvgIpc) is 3.30. The van der Waals surface area contributed by atoms with E-state index in [2.05, 4.69) is 60.7 Å². The zero-order chi connectivity index (χ0) is 36.3. The number of fused-ring (bicyclic) bond motifs is 7. The number of amides is 1. The number of carbonyl (C=O) groups excluding carboxylic acids is 4. The molecule has 0 aromatic rings. The molecule has 4 saturated carbocycles. The lowest BCUT2D eigenvalue weighted by atomic mass is 9.36. The van der Waals surface area contributed by atoms with Crippen molar-refractivity contribution in [3.8, 4) is 0 Å². The Morgan fingerprint density at radius 2 is 1.63 bits per heavy atom. The topological polar surface area (TPSA) is 92.8 Å². The van der Waals surface area contributed by atoms with E-state index in [0.717, 1.165) is 56.8 Å². The summed E-state index contributed by atoms with van der Waals surface area (Å²) >= 11 is 0. The molecule has 4 fully saturated rings. The molecule has 0 heterocycles. The number of ketones is 1. The number of hydrogen-bond acceptors (Lipinski definition) is 6. The SMILES string of the molecule is CNCC(=O)N(CCC12CCC3C(CCC4C3(C)CCC3C(C)(C)C(OC(=O)CC(C)(C)C=O)CCC34C)C1=C(C(C)C)C(=O)C2)C(C)C. The zero-order valence-electron chi connectivity index (χ0n) is 32.8. The Hall–Kier alpha value is -2.02. The van der Waals surface area contributed by atoms with E-state index in [4.69, 9.17) is 4.74 Å². The van der Waals surface area contributed by atoms with E-state index < -0.39 is 5.41 Å². The van der Waals surface area contributed by atoms with Crippen LogP contribution in [0.3, 0.4) is 0 Å². The first-order valence-corrected chi connectivity index (χ1v) is 19.7. The number of Topliss-reactive ketones (excluding diaryl/α,β-unsaturated/α-hetero) is 1. The highest BCUT2D eigenvalue weighted by Gasteiger charge is 2.66. The molecule has 0 aliphatic heterocycles. The van der Waals surface area contributed by atoms with E-state index in [1.165, 1.54) is 18.4 Å². The van der Waals surface area contributed by atoms with Gasteiger partial charge in [-0.3, -0.25) is 14.4 Å². The molecule has 7 nitrogen and oxygen atoms in total. The largest absolute Gasteiger partial charge is 0.462 e. The standard InChI is InChI=1S/C42H68N2O5/c1-26(2)36-30(46)22-42(20-21-44(27(3)4)34(47)24-43-11)19-14-29-28(37(36)42)12-13-32-40(29,9)17-15-31-39(7,8)33(16-18-41(31,32)10)49-35(48)23-38(5,6)25-45/h25-29,31-33,43H,12-24H2,1-11H3. The quantitative estimate of drug-likeness (QED) is 0.176. The molecule has 0 radical (unpaired) electrons. The van der Waals surface area contributed by atoms with Crippen LogP contribution in [0.5, 0.6) is 0 Å². The summed E-state index contributed by atoms with van der Waals surface area (Å²) < 4.78 is 6.21. The molecule has 8 unspecified atom stereocenters. The van der Waals surface area contributed by atoms with Crippen molar-refractivity contribution >= 4 is 23.9 Å². The molecule has 8 atom stereocenters. The highest BCUT2D eigenvalue weighted by atomic mass is 16.5. The molecule has 5 rings (SSSR count). The van der Waals surface area contributed by atoms with Crippen LogP contribution in [0.25, 0.3) is 0 Å². The van der Waals surface area contributed by atoms with Gasteiger partial charge in [0.25, 0.3) is 0 Å². The van der Waals surface area contributed by atoms with Gasteiger partial charge in [-0.2, -0.15) is 0 Å². The van der Waals surface area contributed by atoms with E-state index in [0.29, 0.717) is 49.0 Å². The maximum atomic E-state index is 13.9. The van der Waals surface area contributed by atoms with Crippen LogP contribution in [0, 0.1) is 56.7 Å². The number of nitrogens with one attached hydrogen (secondary N) is 1. The van der Waals surface area contributed by atoms with E-state index >= 15 is 0 Å². The fraction of sp³-hybridized carbons (Fsp3) is 0.857. The third-order valence-corrected chi connectivity index (χ3v) is 15.0. The number of aldehydes is 1. The Balaban J connectivity index is 1.41. The molecule has 5 aliphatic rings. The molecule has 0 saturated heterocycles. The van der Waals surface area contributed by atoms with E-state index in [-0.39, 0.29) is 58.0 Å². The first-order chi connectivity index (χ1) is 22.8. The molecule has 0 aromatic carbocycles. The van der Waals surface area contributed by atoms with Crippen LogP contribution >= 0.6 is 0 Å². The summed E-state index contributed by atoms with van der Waals surface area (Å²) in [6.07, 6.45) is 11.1. The van der Waals surface area contributed by atoms with Gasteiger partial charge in [0.1, 0.15) is 12.4 Å². The molecular weight excluding hydrogens is 612 g/mol. The Kier molecular flexibility index (Phi) is 10.5. The van der Waals surface area contributed by atoms with Crippen molar-refractivity contribution in [3.05, 3.63) is 11.1 Å². The van der Waals surface area contributed by atoms with Gasteiger partial charge in [-0.15, -0.1) is 0 Å². The molecule has 0 spiro atoms. The third-order valence-electron chi connectivity index (χ3n) is 15.0. The van der Waals surface area contributed by atoms with Crippen LogP contribution in [0.4, 0.5) is 0 Å². The normalized spacial score (nSPS) is 36.9. The van der Waals surface area contributed by atoms with Crippen LogP contribution in [0.15, 0.2) is 11.1 Å². The number of carbonyl (C=O) groups is 4. The number of ether oxygens (including phenoxy) is 1. The van der Waals surface area contributed by atoms with Gasteiger partial charge in [0.05, 0.1) is 13.0 Å². The number of likely N-dealkylation sites (N-methyl/N-ethyl adjacent to an activating group) is 1. The van der Waals surface area contributed by atoms with Crippen LogP contribution in [-0.2, 0) is 23.9 Å². The smallest absolute Gasteiger partial charge is 0.307 e. The number of nitrogens with zero attached hydrogens (tertiary/aromatic N) is 1. The lowest BCUT2D eigenvalue weighted by molar-refractivity contribution is -0.213. The second-order valence-corrected chi connectivity index (χ2v) is 19.4. The monoisotopic (exact) mass is 681 g/mol. The molecule has 49 heavy (non-hydrogen) atoms. The lowest BCUT2D eigenvalue weighted by Crippen LogP contribution is -2.63. The average molecular weight is 681 g/mol. The van der Waals surface area contributed by atoms with E-state index in [1.807, 2.05) is 11.9 Å². The summed E-state index contributed by atoms with van der Waals surface area (Å²) in [7, 11) is 1.83. The van der Waals surface area contributed by atoms with Gasteiger partial charge in [0.15, 0.2) is 5.78 Å². The summed E-state index contributed by atoms with van der Waals surface area (Å²) in [5.74, 6) is 2.49. The minimum Gasteiger partial charge on any atom is -0.462 e. The number of hydrogen-bond donors (Lipinski definition) is 1. The van der Waals surface area contributed by atoms with Gasteiger partial charge in [-0.25, -0.2) is 0 Å². The van der Waals surface area contributed by atoms with Crippen molar-refractivity contribution in [1.82, 2.24) is 10.2 Å². The first-order valence-electron chi connectivity index (χ1n) is 19.7. The van der Waals surface area contributed by atoms with Gasteiger partial charge < -0.3 is 19.7 Å². The molecule has 276 valence electrons. The second-order valence-electron chi connectivity index (χ2n) is 19.4. The van der Waals surface area contributed by atoms with Crippen molar-refractivity contribution in [3.63, 3.8) is 0 Å². The fourth-order valence-electron chi connectivity index (χ4n) is 12.8. The predicted molar refractivity (Wildman–Crippen MR) is 195 cm³/mol. The molecule has 5 aliphatic carbocycles. The summed E-state index contributed by atoms with van der Waals surface area (Å²) in [6, 6.07) is 0.124. The fourth-order valence-corrected chi connectivity index (χ4v) is 12.8. The number of rotatable bonds is 11. The van der Waals surface area contributed by atoms with E-state index in [1.54, 1.807) is 13.8 Å². The summed E-state index contributed by atoms with van der Waals surface area (Å²) in [5.41, 5.74) is 1.99. The van der Waals surface area contributed by atoms with Gasteiger partial charge >= 0.3 is 5.97 Å². The lowest BCUT2D eigenvalue weighted by Gasteiger charge is -2.69. The molecular formula is C42H68N2O5. The van der Waals surface area contributed by atoms with Crippen LogP contribution in [0.2, 0.25) is 0 Å². The van der Waals surface area contributed by atoms with Crippen molar-refractivity contribution in [1.29, 1.82) is 0 Å². The van der Waals surface area contributed by atoms with E-state index in [9.17, 15) is 19.2 Å². The van der Waals surface area contributed by atoms with Crippen LogP contribution < -0.4 is 5.32 Å². The minimum absolute atomic E-state index is 0.120. The molecule has 7 heteroatoms. The minimum atomic E-state index is -0.708. The Morgan fingerprint density at radius 3 is 2.24 bits per heavy atom. The maximum Gasteiger partial charge on any atom is 0.307 e. The van der Waals surface area contributed by atoms with Crippen molar-refractivity contribution < 1.29 is 23.9 Å².